The molecule has 21 heavy (non-hydrogen) atoms. The van der Waals surface area contributed by atoms with E-state index in [-0.39, 0.29) is 11.6 Å². The summed E-state index contributed by atoms with van der Waals surface area (Å²) in [5, 5.41) is 13.1. The number of carbonyl (C=O) groups is 1. The third kappa shape index (κ3) is 3.45. The zero-order chi connectivity index (χ0) is 15.8. The molecule has 7 nitrogen and oxygen atoms in total. The second-order valence-corrected chi connectivity index (χ2v) is 7.51. The Morgan fingerprint density at radius 1 is 1.38 bits per heavy atom. The molecular weight excluding hydrogens is 343 g/mol. The number of hydrogen-bond acceptors (Lipinski definition) is 5. The SMILES string of the molecule is O=C(NC1CCC1)c1cc([N+](=O)[O-])cc(S(=O)(=O)Cl)c1Cl. The van der Waals surface area contributed by atoms with Crippen LogP contribution in [0.4, 0.5) is 5.69 Å². The number of amides is 1. The van der Waals surface area contributed by atoms with Crippen molar-refractivity contribution in [2.24, 2.45) is 0 Å². The van der Waals surface area contributed by atoms with Crippen molar-refractivity contribution in [2.75, 3.05) is 0 Å². The molecule has 1 N–H and O–H groups in total. The second-order valence-electron chi connectivity index (χ2n) is 4.60. The number of nitrogens with zero attached hydrogens (tertiary/aromatic N) is 1. The number of non-ortho nitro benzene ring substituents is 1. The van der Waals surface area contributed by atoms with Crippen molar-refractivity contribution in [3.63, 3.8) is 0 Å². The molecule has 10 heteroatoms. The number of benzene rings is 1. The molecule has 0 heterocycles. The fourth-order valence-electron chi connectivity index (χ4n) is 1.85. The van der Waals surface area contributed by atoms with Crippen LogP contribution >= 0.6 is 22.3 Å². The van der Waals surface area contributed by atoms with Crippen LogP contribution in [0.25, 0.3) is 0 Å². The number of rotatable bonds is 4. The average Bonchev–Trinajstić information content (AvgIpc) is 2.32. The molecule has 0 aromatic heterocycles. The van der Waals surface area contributed by atoms with Gasteiger partial charge in [0.1, 0.15) is 4.90 Å². The first-order chi connectivity index (χ1) is 9.70. The van der Waals surface area contributed by atoms with Gasteiger partial charge < -0.3 is 5.32 Å². The monoisotopic (exact) mass is 352 g/mol. The van der Waals surface area contributed by atoms with Gasteiger partial charge in [-0.25, -0.2) is 8.42 Å². The molecule has 0 bridgehead atoms. The number of nitrogens with one attached hydrogen (secondary N) is 1. The molecule has 0 radical (unpaired) electrons. The summed E-state index contributed by atoms with van der Waals surface area (Å²) in [5.41, 5.74) is -0.852. The molecule has 1 fully saturated rings. The van der Waals surface area contributed by atoms with E-state index in [0.29, 0.717) is 0 Å². The standard InChI is InChI=1S/C11H10Cl2N2O5S/c12-10-8(11(16)14-6-2-1-3-6)4-7(15(17)18)5-9(10)21(13,19)20/h4-6H,1-3H2,(H,14,16). The zero-order valence-electron chi connectivity index (χ0n) is 10.5. The van der Waals surface area contributed by atoms with Crippen LogP contribution in [0.1, 0.15) is 29.6 Å². The van der Waals surface area contributed by atoms with E-state index in [1.165, 1.54) is 0 Å². The van der Waals surface area contributed by atoms with Crippen molar-refractivity contribution in [1.82, 2.24) is 5.32 Å². The number of nitro groups is 1. The summed E-state index contributed by atoms with van der Waals surface area (Å²) in [6.07, 6.45) is 2.59. The van der Waals surface area contributed by atoms with Gasteiger partial charge in [-0.05, 0) is 19.3 Å². The lowest BCUT2D eigenvalue weighted by molar-refractivity contribution is -0.385. The van der Waals surface area contributed by atoms with Crippen LogP contribution in [0.3, 0.4) is 0 Å². The van der Waals surface area contributed by atoms with Crippen molar-refractivity contribution in [3.05, 3.63) is 32.8 Å². The van der Waals surface area contributed by atoms with Crippen molar-refractivity contribution in [1.29, 1.82) is 0 Å². The molecule has 1 aromatic carbocycles. The van der Waals surface area contributed by atoms with Crippen molar-refractivity contribution in [2.45, 2.75) is 30.2 Å². The minimum Gasteiger partial charge on any atom is -0.349 e. The minimum absolute atomic E-state index is 0.0242. The van der Waals surface area contributed by atoms with E-state index >= 15 is 0 Å². The van der Waals surface area contributed by atoms with Gasteiger partial charge in [-0.2, -0.15) is 0 Å². The molecule has 0 aliphatic heterocycles. The first-order valence-corrected chi connectivity index (χ1v) is 8.62. The maximum atomic E-state index is 12.1. The number of hydrogen-bond donors (Lipinski definition) is 1. The highest BCUT2D eigenvalue weighted by Crippen LogP contribution is 2.33. The van der Waals surface area contributed by atoms with E-state index in [1.54, 1.807) is 0 Å². The maximum absolute atomic E-state index is 12.1. The van der Waals surface area contributed by atoms with Gasteiger partial charge in [0.2, 0.25) is 0 Å². The second kappa shape index (κ2) is 5.78. The summed E-state index contributed by atoms with van der Waals surface area (Å²) < 4.78 is 22.8. The Bertz CT molecular complexity index is 716. The Balaban J connectivity index is 2.50. The van der Waals surface area contributed by atoms with Gasteiger partial charge >= 0.3 is 0 Å². The Hall–Kier alpha value is -1.38. The van der Waals surface area contributed by atoms with Gasteiger partial charge in [0.05, 0.1) is 15.5 Å². The molecule has 114 valence electrons. The third-order valence-corrected chi connectivity index (χ3v) is 5.05. The maximum Gasteiger partial charge on any atom is 0.271 e. The zero-order valence-corrected chi connectivity index (χ0v) is 12.8. The molecule has 0 saturated heterocycles. The third-order valence-electron chi connectivity index (χ3n) is 3.18. The van der Waals surface area contributed by atoms with Gasteiger partial charge in [0.25, 0.3) is 20.6 Å². The highest BCUT2D eigenvalue weighted by Gasteiger charge is 2.28. The lowest BCUT2D eigenvalue weighted by Crippen LogP contribution is -2.39. The van der Waals surface area contributed by atoms with Crippen molar-refractivity contribution in [3.8, 4) is 0 Å². The Morgan fingerprint density at radius 2 is 2.00 bits per heavy atom. The van der Waals surface area contributed by atoms with Gasteiger partial charge in [0.15, 0.2) is 0 Å². The molecular formula is C11H10Cl2N2O5S. The van der Waals surface area contributed by atoms with Crippen molar-refractivity contribution >= 4 is 42.9 Å². The van der Waals surface area contributed by atoms with E-state index in [4.69, 9.17) is 22.3 Å². The first kappa shape index (κ1) is 16.0. The van der Waals surface area contributed by atoms with E-state index in [9.17, 15) is 23.3 Å². The number of nitro benzene ring substituents is 1. The highest BCUT2D eigenvalue weighted by molar-refractivity contribution is 8.13. The molecule has 0 unspecified atom stereocenters. The summed E-state index contributed by atoms with van der Waals surface area (Å²) >= 11 is 5.86. The molecule has 0 spiro atoms. The van der Waals surface area contributed by atoms with Crippen LogP contribution in [0.15, 0.2) is 17.0 Å². The summed E-state index contributed by atoms with van der Waals surface area (Å²) in [6.45, 7) is 0. The lowest BCUT2D eigenvalue weighted by atomic mass is 9.93. The fraction of sp³-hybridized carbons (Fsp3) is 0.364. The van der Waals surface area contributed by atoms with E-state index in [2.05, 4.69) is 5.32 Å². The minimum atomic E-state index is -4.31. The normalized spacial score (nSPS) is 15.3. The Kier molecular flexibility index (Phi) is 4.40. The van der Waals surface area contributed by atoms with Crippen LogP contribution in [-0.4, -0.2) is 25.3 Å². The van der Waals surface area contributed by atoms with Crippen LogP contribution in [0.2, 0.25) is 5.02 Å². The highest BCUT2D eigenvalue weighted by atomic mass is 35.7. The molecule has 2 rings (SSSR count). The Labute approximate surface area is 129 Å². The summed E-state index contributed by atoms with van der Waals surface area (Å²) in [6, 6.07) is 1.64. The van der Waals surface area contributed by atoms with Gasteiger partial charge in [-0.3, -0.25) is 14.9 Å². The molecule has 0 atom stereocenters. The smallest absolute Gasteiger partial charge is 0.271 e. The Morgan fingerprint density at radius 3 is 2.43 bits per heavy atom. The van der Waals surface area contributed by atoms with Gasteiger partial charge in [0, 0.05) is 28.9 Å². The van der Waals surface area contributed by atoms with Gasteiger partial charge in [-0.1, -0.05) is 11.6 Å². The largest absolute Gasteiger partial charge is 0.349 e. The summed E-state index contributed by atoms with van der Waals surface area (Å²) in [5.74, 6) is -0.657. The van der Waals surface area contributed by atoms with Crippen molar-refractivity contribution < 1.29 is 18.1 Å². The topological polar surface area (TPSA) is 106 Å². The first-order valence-electron chi connectivity index (χ1n) is 5.93. The fourth-order valence-corrected chi connectivity index (χ4v) is 3.42. The predicted octanol–water partition coefficient (Wildman–Crippen LogP) is 2.46. The van der Waals surface area contributed by atoms with E-state index in [1.807, 2.05) is 0 Å². The lowest BCUT2D eigenvalue weighted by Gasteiger charge is -2.26. The van der Waals surface area contributed by atoms with Crippen LogP contribution in [0, 0.1) is 10.1 Å². The summed E-state index contributed by atoms with van der Waals surface area (Å²) in [4.78, 5) is 21.4. The number of carbonyl (C=O) groups excluding carboxylic acids is 1. The van der Waals surface area contributed by atoms with E-state index in [0.717, 1.165) is 31.4 Å². The predicted molar refractivity (Wildman–Crippen MR) is 76.3 cm³/mol. The van der Waals surface area contributed by atoms with Crippen LogP contribution in [-0.2, 0) is 9.05 Å². The van der Waals surface area contributed by atoms with Crippen LogP contribution in [0.5, 0.6) is 0 Å². The summed E-state index contributed by atoms with van der Waals surface area (Å²) in [7, 11) is 0.885. The molecule has 1 saturated carbocycles. The van der Waals surface area contributed by atoms with Gasteiger partial charge in [-0.15, -0.1) is 0 Å². The van der Waals surface area contributed by atoms with E-state index < -0.39 is 35.5 Å². The molecule has 1 aromatic rings. The molecule has 1 aliphatic carbocycles. The quantitative estimate of drug-likeness (QED) is 0.508. The number of halogens is 2. The van der Waals surface area contributed by atoms with Crippen LogP contribution < -0.4 is 5.32 Å². The average molecular weight is 353 g/mol. The molecule has 1 amide bonds. The molecule has 1 aliphatic rings.